The van der Waals surface area contributed by atoms with Crippen molar-refractivity contribution in [2.75, 3.05) is 0 Å². The fourth-order valence-electron chi connectivity index (χ4n) is 4.21. The van der Waals surface area contributed by atoms with E-state index in [1.807, 2.05) is 60.7 Å². The second-order valence-corrected chi connectivity index (χ2v) is 6.78. The highest BCUT2D eigenvalue weighted by Crippen LogP contribution is 2.65. The van der Waals surface area contributed by atoms with Gasteiger partial charge in [-0.15, -0.1) is 0 Å². The maximum atomic E-state index is 13.2. The molecule has 1 saturated carbocycles. The van der Waals surface area contributed by atoms with Gasteiger partial charge in [-0.1, -0.05) is 60.7 Å². The van der Waals surface area contributed by atoms with E-state index in [2.05, 4.69) is 0 Å². The van der Waals surface area contributed by atoms with Gasteiger partial charge < -0.3 is 9.47 Å². The van der Waals surface area contributed by atoms with Crippen molar-refractivity contribution >= 4 is 5.78 Å². The van der Waals surface area contributed by atoms with Crippen molar-refractivity contribution in [3.8, 4) is 0 Å². The molecule has 2 aliphatic heterocycles. The number of epoxide rings is 2. The molecule has 0 unspecified atom stereocenters. The number of Topliss-reactive ketones (excluding diaryl/α,β-unsaturated/α-hetero) is 1. The molecule has 2 heterocycles. The third kappa shape index (κ3) is 1.81. The zero-order chi connectivity index (χ0) is 15.5. The molecule has 3 aliphatic rings. The molecule has 3 fully saturated rings. The summed E-state index contributed by atoms with van der Waals surface area (Å²) >= 11 is 0. The summed E-state index contributed by atoms with van der Waals surface area (Å²) in [7, 11) is 0. The highest BCUT2D eigenvalue weighted by Gasteiger charge is 2.76. The number of carbonyl (C=O) groups is 1. The monoisotopic (exact) mass is 306 g/mol. The highest BCUT2D eigenvalue weighted by molar-refractivity contribution is 6.01. The summed E-state index contributed by atoms with van der Waals surface area (Å²) in [5, 5.41) is 0. The van der Waals surface area contributed by atoms with E-state index in [1.54, 1.807) is 0 Å². The van der Waals surface area contributed by atoms with Crippen LogP contribution in [0.3, 0.4) is 0 Å². The van der Waals surface area contributed by atoms with Crippen LogP contribution in [0.15, 0.2) is 60.7 Å². The lowest BCUT2D eigenvalue weighted by molar-refractivity contribution is -0.132. The Morgan fingerprint density at radius 1 is 0.739 bits per heavy atom. The number of carbonyl (C=O) groups excluding carboxylic acids is 1. The molecule has 116 valence electrons. The minimum atomic E-state index is -0.650. The molecule has 3 nitrogen and oxygen atoms in total. The summed E-state index contributed by atoms with van der Waals surface area (Å²) in [5.74, 6) is 0.152. The highest BCUT2D eigenvalue weighted by atomic mass is 16.6. The molecule has 0 radical (unpaired) electrons. The summed E-state index contributed by atoms with van der Waals surface area (Å²) in [4.78, 5) is 13.2. The predicted molar refractivity (Wildman–Crippen MR) is 84.9 cm³/mol. The maximum Gasteiger partial charge on any atom is 0.202 e. The molecule has 2 saturated heterocycles. The summed E-state index contributed by atoms with van der Waals surface area (Å²) in [5.41, 5.74) is 0.885. The minimum absolute atomic E-state index is 0.103. The second-order valence-electron chi connectivity index (χ2n) is 6.78. The third-order valence-electron chi connectivity index (χ3n) is 5.46. The Kier molecular flexibility index (Phi) is 2.65. The van der Waals surface area contributed by atoms with Gasteiger partial charge in [0.1, 0.15) is 12.2 Å². The number of ketones is 1. The van der Waals surface area contributed by atoms with Crippen molar-refractivity contribution in [2.24, 2.45) is 0 Å². The number of rotatable bonds is 2. The number of ether oxygens (including phenoxy) is 2. The fourth-order valence-corrected chi connectivity index (χ4v) is 4.21. The quantitative estimate of drug-likeness (QED) is 0.793. The van der Waals surface area contributed by atoms with Crippen LogP contribution in [0.25, 0.3) is 0 Å². The Morgan fingerprint density at radius 3 is 1.61 bits per heavy atom. The molecule has 5 rings (SSSR count). The molecule has 0 N–H and O–H groups in total. The average Bonchev–Trinajstić information content (AvgIpc) is 3.50. The van der Waals surface area contributed by atoms with Crippen LogP contribution in [0.4, 0.5) is 0 Å². The Balaban J connectivity index is 1.44. The first-order valence-corrected chi connectivity index (χ1v) is 8.27. The minimum Gasteiger partial charge on any atom is -0.353 e. The van der Waals surface area contributed by atoms with Crippen molar-refractivity contribution in [3.63, 3.8) is 0 Å². The first-order chi connectivity index (χ1) is 11.3. The molecule has 0 amide bonds. The van der Waals surface area contributed by atoms with Gasteiger partial charge in [0.15, 0.2) is 11.2 Å². The Morgan fingerprint density at radius 2 is 1.17 bits per heavy atom. The molecule has 2 spiro atoms. The number of hydrogen-bond acceptors (Lipinski definition) is 3. The van der Waals surface area contributed by atoms with Crippen LogP contribution in [-0.4, -0.2) is 17.0 Å². The predicted octanol–water partition coefficient (Wildman–Crippen LogP) is 3.76. The van der Waals surface area contributed by atoms with Crippen LogP contribution < -0.4 is 0 Å². The van der Waals surface area contributed by atoms with Crippen LogP contribution >= 0.6 is 0 Å². The topological polar surface area (TPSA) is 42.1 Å². The van der Waals surface area contributed by atoms with Crippen molar-refractivity contribution < 1.29 is 14.3 Å². The van der Waals surface area contributed by atoms with Crippen LogP contribution in [0, 0.1) is 0 Å². The molecule has 3 heteroatoms. The molecule has 0 bridgehead atoms. The molecule has 23 heavy (non-hydrogen) atoms. The molecule has 1 aliphatic carbocycles. The van der Waals surface area contributed by atoms with Crippen molar-refractivity contribution in [2.45, 2.75) is 42.7 Å². The SMILES string of the molecule is O=C1[C@@]2(CCC[C@@]13O[C@H]3c1ccccc1)O[C@@H]2c1ccccc1. The van der Waals surface area contributed by atoms with Gasteiger partial charge in [-0.3, -0.25) is 4.79 Å². The largest absolute Gasteiger partial charge is 0.353 e. The van der Waals surface area contributed by atoms with E-state index in [4.69, 9.17) is 9.47 Å². The summed E-state index contributed by atoms with van der Waals surface area (Å²) in [6.07, 6.45) is 2.37. The van der Waals surface area contributed by atoms with Gasteiger partial charge in [-0.05, 0) is 30.4 Å². The lowest BCUT2D eigenvalue weighted by Gasteiger charge is -2.24. The van der Waals surface area contributed by atoms with Crippen LogP contribution in [0.1, 0.15) is 42.6 Å². The molecule has 4 atom stereocenters. The Labute approximate surface area is 135 Å². The van der Waals surface area contributed by atoms with Gasteiger partial charge in [0.25, 0.3) is 0 Å². The molecule has 0 aromatic heterocycles. The van der Waals surface area contributed by atoms with Gasteiger partial charge in [0.05, 0.1) is 0 Å². The number of hydrogen-bond donors (Lipinski definition) is 0. The average molecular weight is 306 g/mol. The van der Waals surface area contributed by atoms with Gasteiger partial charge in [-0.25, -0.2) is 0 Å². The van der Waals surface area contributed by atoms with Crippen LogP contribution in [0.2, 0.25) is 0 Å². The third-order valence-corrected chi connectivity index (χ3v) is 5.46. The Hall–Kier alpha value is -1.97. The van der Waals surface area contributed by atoms with Crippen molar-refractivity contribution in [1.29, 1.82) is 0 Å². The molecule has 2 aromatic rings. The molecular weight excluding hydrogens is 288 g/mol. The zero-order valence-corrected chi connectivity index (χ0v) is 12.8. The smallest absolute Gasteiger partial charge is 0.202 e. The van der Waals surface area contributed by atoms with Gasteiger partial charge in [0.2, 0.25) is 5.78 Å². The van der Waals surface area contributed by atoms with E-state index >= 15 is 0 Å². The summed E-state index contributed by atoms with van der Waals surface area (Å²) in [6, 6.07) is 20.1. The van der Waals surface area contributed by atoms with E-state index in [-0.39, 0.29) is 18.0 Å². The van der Waals surface area contributed by atoms with Crippen molar-refractivity contribution in [3.05, 3.63) is 71.8 Å². The van der Waals surface area contributed by atoms with Gasteiger partial charge >= 0.3 is 0 Å². The van der Waals surface area contributed by atoms with E-state index in [1.165, 1.54) is 0 Å². The standard InChI is InChI=1S/C20H18O3/c21-18-19(16(22-19)14-8-3-1-4-9-14)12-7-13-20(18)17(23-20)15-10-5-2-6-11-15/h1-6,8-11,16-17H,7,12-13H2/t16-,17+,19-,20-/m0/s1. The first kappa shape index (κ1) is 13.5. The summed E-state index contributed by atoms with van der Waals surface area (Å²) < 4.78 is 11.9. The zero-order valence-electron chi connectivity index (χ0n) is 12.8. The normalized spacial score (nSPS) is 38.0. The lowest BCUT2D eigenvalue weighted by atomic mass is 9.74. The Bertz CT molecular complexity index is 693. The van der Waals surface area contributed by atoms with E-state index < -0.39 is 11.2 Å². The maximum absolute atomic E-state index is 13.2. The first-order valence-electron chi connectivity index (χ1n) is 8.27. The van der Waals surface area contributed by atoms with Crippen molar-refractivity contribution in [1.82, 2.24) is 0 Å². The van der Waals surface area contributed by atoms with E-state index in [0.29, 0.717) is 0 Å². The van der Waals surface area contributed by atoms with Gasteiger partial charge in [0, 0.05) is 0 Å². The lowest BCUT2D eigenvalue weighted by Crippen LogP contribution is -2.43. The molecule has 2 aromatic carbocycles. The van der Waals surface area contributed by atoms with Crippen LogP contribution in [-0.2, 0) is 14.3 Å². The second kappa shape index (κ2) is 4.53. The summed E-state index contributed by atoms with van der Waals surface area (Å²) in [6.45, 7) is 0. The van der Waals surface area contributed by atoms with E-state index in [0.717, 1.165) is 30.4 Å². The van der Waals surface area contributed by atoms with Crippen LogP contribution in [0.5, 0.6) is 0 Å². The number of benzene rings is 2. The molecular formula is C20H18O3. The van der Waals surface area contributed by atoms with Gasteiger partial charge in [-0.2, -0.15) is 0 Å². The van der Waals surface area contributed by atoms with E-state index in [9.17, 15) is 4.79 Å². The fraction of sp³-hybridized carbons (Fsp3) is 0.350.